The lowest BCUT2D eigenvalue weighted by Crippen LogP contribution is -2.39. The van der Waals surface area contributed by atoms with Crippen LogP contribution in [0.15, 0.2) is 102 Å². The Bertz CT molecular complexity index is 1480. The van der Waals surface area contributed by atoms with E-state index in [0.29, 0.717) is 5.02 Å². The predicted molar refractivity (Wildman–Crippen MR) is 132 cm³/mol. The van der Waals surface area contributed by atoms with Crippen molar-refractivity contribution in [2.75, 3.05) is 6.61 Å². The number of pyridine rings is 1. The van der Waals surface area contributed by atoms with Gasteiger partial charge in [-0.15, -0.1) is 0 Å². The van der Waals surface area contributed by atoms with E-state index in [0.717, 1.165) is 33.2 Å². The maximum absolute atomic E-state index is 12.7. The van der Waals surface area contributed by atoms with Crippen LogP contribution in [0.5, 0.6) is 0 Å². The SMILES string of the molecule is Cn1c(=O)cc(-c2ccccc2)c2cc(C(CO)(c3ccc(Cl)cc3)n3ccnc3)ccc21. The van der Waals surface area contributed by atoms with Crippen molar-refractivity contribution in [2.24, 2.45) is 7.05 Å². The molecule has 0 amide bonds. The fourth-order valence-corrected chi connectivity index (χ4v) is 4.64. The van der Waals surface area contributed by atoms with Crippen molar-refractivity contribution in [3.05, 3.63) is 124 Å². The Morgan fingerprint density at radius 3 is 2.36 bits per heavy atom. The van der Waals surface area contributed by atoms with Gasteiger partial charge in [0.2, 0.25) is 0 Å². The molecule has 0 fully saturated rings. The van der Waals surface area contributed by atoms with Gasteiger partial charge in [0.25, 0.3) is 5.56 Å². The van der Waals surface area contributed by atoms with Crippen molar-refractivity contribution in [2.45, 2.75) is 5.54 Å². The molecule has 0 saturated carbocycles. The normalized spacial score (nSPS) is 13.2. The summed E-state index contributed by atoms with van der Waals surface area (Å²) in [7, 11) is 1.77. The van der Waals surface area contributed by atoms with Gasteiger partial charge in [0.05, 0.1) is 18.5 Å². The van der Waals surface area contributed by atoms with E-state index < -0.39 is 5.54 Å². The van der Waals surface area contributed by atoms with Crippen LogP contribution < -0.4 is 5.56 Å². The van der Waals surface area contributed by atoms with Crippen LogP contribution in [0.2, 0.25) is 5.02 Å². The molecule has 2 aromatic heterocycles. The van der Waals surface area contributed by atoms with Crippen LogP contribution in [0.1, 0.15) is 11.1 Å². The Morgan fingerprint density at radius 2 is 1.70 bits per heavy atom. The van der Waals surface area contributed by atoms with Crippen molar-refractivity contribution < 1.29 is 5.11 Å². The second-order valence-electron chi connectivity index (χ2n) is 8.05. The molecule has 5 rings (SSSR count). The first kappa shape index (κ1) is 21.2. The number of imidazole rings is 1. The molecule has 1 atom stereocenters. The van der Waals surface area contributed by atoms with Gasteiger partial charge in [0.15, 0.2) is 0 Å². The molecule has 0 aliphatic heterocycles. The maximum atomic E-state index is 12.7. The Kier molecular flexibility index (Phi) is 5.36. The number of halogens is 1. The van der Waals surface area contributed by atoms with E-state index in [-0.39, 0.29) is 12.2 Å². The van der Waals surface area contributed by atoms with Crippen LogP contribution in [0.3, 0.4) is 0 Å². The zero-order valence-corrected chi connectivity index (χ0v) is 18.8. The zero-order valence-electron chi connectivity index (χ0n) is 18.0. The molecule has 5 nitrogen and oxygen atoms in total. The number of aryl methyl sites for hydroxylation is 1. The maximum Gasteiger partial charge on any atom is 0.251 e. The van der Waals surface area contributed by atoms with E-state index in [1.165, 1.54) is 0 Å². The molecule has 0 radical (unpaired) electrons. The molecule has 6 heteroatoms. The van der Waals surface area contributed by atoms with Crippen LogP contribution in [-0.4, -0.2) is 25.8 Å². The van der Waals surface area contributed by atoms with E-state index in [2.05, 4.69) is 11.1 Å². The Morgan fingerprint density at radius 1 is 0.970 bits per heavy atom. The third-order valence-electron chi connectivity index (χ3n) is 6.30. The van der Waals surface area contributed by atoms with Crippen LogP contribution in [0.25, 0.3) is 22.0 Å². The highest BCUT2D eigenvalue weighted by Crippen LogP contribution is 2.37. The third-order valence-corrected chi connectivity index (χ3v) is 6.56. The van der Waals surface area contributed by atoms with Crippen LogP contribution in [-0.2, 0) is 12.6 Å². The van der Waals surface area contributed by atoms with Crippen molar-refractivity contribution in [3.63, 3.8) is 0 Å². The molecule has 0 spiro atoms. The highest BCUT2D eigenvalue weighted by Gasteiger charge is 2.36. The number of hydrogen-bond acceptors (Lipinski definition) is 3. The summed E-state index contributed by atoms with van der Waals surface area (Å²) in [5, 5.41) is 12.4. The Balaban J connectivity index is 1.85. The molecule has 33 heavy (non-hydrogen) atoms. The van der Waals surface area contributed by atoms with E-state index in [1.807, 2.05) is 77.5 Å². The molecule has 0 bridgehead atoms. The lowest BCUT2D eigenvalue weighted by Gasteiger charge is -2.35. The second kappa shape index (κ2) is 8.35. The lowest BCUT2D eigenvalue weighted by atomic mass is 9.82. The molecule has 1 N–H and O–H groups in total. The van der Waals surface area contributed by atoms with Crippen molar-refractivity contribution in [1.82, 2.24) is 14.1 Å². The summed E-state index contributed by atoms with van der Waals surface area (Å²) in [6, 6.07) is 25.0. The fourth-order valence-electron chi connectivity index (χ4n) is 4.51. The molecule has 164 valence electrons. The summed E-state index contributed by atoms with van der Waals surface area (Å²) in [6.07, 6.45) is 5.24. The molecule has 0 aliphatic rings. The second-order valence-corrected chi connectivity index (χ2v) is 8.48. The highest BCUT2D eigenvalue weighted by molar-refractivity contribution is 6.30. The topological polar surface area (TPSA) is 60.1 Å². The zero-order chi connectivity index (χ0) is 23.0. The predicted octanol–water partition coefficient (Wildman–Crippen LogP) is 4.84. The summed E-state index contributed by atoms with van der Waals surface area (Å²) in [5.74, 6) is 0. The number of rotatable bonds is 5. The molecular weight excluding hydrogens is 434 g/mol. The van der Waals surface area contributed by atoms with Gasteiger partial charge in [-0.3, -0.25) is 4.79 Å². The van der Waals surface area contributed by atoms with Gasteiger partial charge in [-0.2, -0.15) is 0 Å². The number of aromatic nitrogens is 3. The number of aliphatic hydroxyl groups excluding tert-OH is 1. The Hall–Kier alpha value is -3.67. The minimum atomic E-state index is -0.919. The third kappa shape index (κ3) is 3.46. The largest absolute Gasteiger partial charge is 0.393 e. The lowest BCUT2D eigenvalue weighted by molar-refractivity contribution is 0.197. The number of aliphatic hydroxyl groups is 1. The summed E-state index contributed by atoms with van der Waals surface area (Å²) >= 11 is 6.16. The van der Waals surface area contributed by atoms with Crippen LogP contribution in [0, 0.1) is 0 Å². The number of fused-ring (bicyclic) bond motifs is 1. The highest BCUT2D eigenvalue weighted by atomic mass is 35.5. The molecule has 5 aromatic rings. The molecule has 3 aromatic carbocycles. The van der Waals surface area contributed by atoms with Gasteiger partial charge in [-0.05, 0) is 46.5 Å². The molecule has 2 heterocycles. The van der Waals surface area contributed by atoms with Gasteiger partial charge >= 0.3 is 0 Å². The first-order chi connectivity index (χ1) is 16.0. The summed E-state index contributed by atoms with van der Waals surface area (Å²) < 4.78 is 3.55. The minimum absolute atomic E-state index is 0.0742. The Labute approximate surface area is 196 Å². The standard InChI is InChI=1S/C27H22ClN3O2/c1-30-25-12-9-21(15-24(25)23(16-26(30)33)19-5-3-2-4-6-19)27(17-32,31-14-13-29-18-31)20-7-10-22(28)11-8-20/h2-16,18,32H,17H2,1H3. The smallest absolute Gasteiger partial charge is 0.251 e. The molecule has 0 aliphatic carbocycles. The average molecular weight is 456 g/mol. The van der Waals surface area contributed by atoms with Crippen molar-refractivity contribution in [1.29, 1.82) is 0 Å². The first-order valence-electron chi connectivity index (χ1n) is 10.6. The van der Waals surface area contributed by atoms with Crippen molar-refractivity contribution >= 4 is 22.5 Å². The molecular formula is C27H22ClN3O2. The van der Waals surface area contributed by atoms with E-state index >= 15 is 0 Å². The van der Waals surface area contributed by atoms with Gasteiger partial charge in [-0.1, -0.05) is 60.1 Å². The van der Waals surface area contributed by atoms with E-state index in [4.69, 9.17) is 11.6 Å². The van der Waals surface area contributed by atoms with Crippen LogP contribution in [0.4, 0.5) is 0 Å². The first-order valence-corrected chi connectivity index (χ1v) is 11.0. The number of hydrogen-bond donors (Lipinski definition) is 1. The van der Waals surface area contributed by atoms with Gasteiger partial charge in [0, 0.05) is 35.9 Å². The summed E-state index contributed by atoms with van der Waals surface area (Å²) in [4.78, 5) is 16.9. The van der Waals surface area contributed by atoms with Crippen molar-refractivity contribution in [3.8, 4) is 11.1 Å². The number of nitrogens with zero attached hydrogens (tertiary/aromatic N) is 3. The quantitative estimate of drug-likeness (QED) is 0.412. The van der Waals surface area contributed by atoms with E-state index in [9.17, 15) is 9.90 Å². The van der Waals surface area contributed by atoms with Crippen LogP contribution >= 0.6 is 11.6 Å². The monoisotopic (exact) mass is 455 g/mol. The molecule has 0 saturated heterocycles. The summed E-state index contributed by atoms with van der Waals surface area (Å²) in [5.41, 5.74) is 3.38. The molecule has 1 unspecified atom stereocenters. The van der Waals surface area contributed by atoms with Gasteiger partial charge < -0.3 is 14.2 Å². The van der Waals surface area contributed by atoms with Gasteiger partial charge in [-0.25, -0.2) is 4.98 Å². The fraction of sp³-hybridized carbons (Fsp3) is 0.111. The number of benzene rings is 3. The average Bonchev–Trinajstić information content (AvgIpc) is 3.39. The summed E-state index contributed by atoms with van der Waals surface area (Å²) in [6.45, 7) is -0.192. The minimum Gasteiger partial charge on any atom is -0.393 e. The van der Waals surface area contributed by atoms with E-state index in [1.54, 1.807) is 30.2 Å². The van der Waals surface area contributed by atoms with Gasteiger partial charge in [0.1, 0.15) is 5.54 Å².